The third-order valence-electron chi connectivity index (χ3n) is 2.23. The van der Waals surface area contributed by atoms with Crippen molar-refractivity contribution in [1.29, 1.82) is 0 Å². The van der Waals surface area contributed by atoms with E-state index in [1.807, 2.05) is 0 Å². The van der Waals surface area contributed by atoms with Crippen molar-refractivity contribution in [3.63, 3.8) is 0 Å². The van der Waals surface area contributed by atoms with E-state index in [9.17, 15) is 14.2 Å². The van der Waals surface area contributed by atoms with E-state index in [0.717, 1.165) is 14.2 Å². The molecule has 0 aliphatic rings. The molecule has 0 rings (SSSR count). The van der Waals surface area contributed by atoms with Gasteiger partial charge in [-0.25, -0.2) is 0 Å². The highest BCUT2D eigenvalue weighted by Gasteiger charge is 2.46. The number of ether oxygens (including phenoxy) is 2. The van der Waals surface area contributed by atoms with Crippen molar-refractivity contribution in [2.75, 3.05) is 27.4 Å². The first-order valence-electron chi connectivity index (χ1n) is 5.89. The highest BCUT2D eigenvalue weighted by molar-refractivity contribution is 7.58. The lowest BCUT2D eigenvalue weighted by Gasteiger charge is -2.23. The molecule has 0 aliphatic heterocycles. The number of carbonyl (C=O) groups excluding carboxylic acids is 2. The number of esters is 2. The predicted molar refractivity (Wildman–Crippen MR) is 77.1 cm³/mol. The molecule has 122 valence electrons. The van der Waals surface area contributed by atoms with Crippen molar-refractivity contribution in [1.82, 2.24) is 0 Å². The maximum Gasteiger partial charge on any atom is 0.361 e. The topological polar surface area (TPSA) is 88.1 Å². The molecule has 10 heteroatoms. The number of rotatable bonds is 8. The molecule has 21 heavy (non-hydrogen) atoms. The van der Waals surface area contributed by atoms with Gasteiger partial charge in [0.1, 0.15) is 4.49 Å². The summed E-state index contributed by atoms with van der Waals surface area (Å²) in [6.45, 7) is 3.07. The molecule has 0 saturated heterocycles. The minimum absolute atomic E-state index is 0.0170. The van der Waals surface area contributed by atoms with Crippen molar-refractivity contribution in [2.45, 2.75) is 13.8 Å². The molecule has 0 spiro atoms. The predicted octanol–water partition coefficient (Wildman–Crippen LogP) is 2.86. The molecule has 0 saturated carbocycles. The summed E-state index contributed by atoms with van der Waals surface area (Å²) in [6.07, 6.45) is 0. The van der Waals surface area contributed by atoms with Crippen LogP contribution in [0.3, 0.4) is 0 Å². The number of carbonyl (C=O) groups is 2. The Morgan fingerprint density at radius 1 is 1.00 bits per heavy atom. The van der Waals surface area contributed by atoms with E-state index >= 15 is 0 Å². The summed E-state index contributed by atoms with van der Waals surface area (Å²) in [6, 6.07) is 0. The van der Waals surface area contributed by atoms with E-state index < -0.39 is 35.3 Å². The molecule has 0 N–H and O–H groups in total. The van der Waals surface area contributed by atoms with Crippen LogP contribution in [0.1, 0.15) is 13.8 Å². The van der Waals surface area contributed by atoms with E-state index in [2.05, 4.69) is 9.47 Å². The average molecular weight is 363 g/mol. The first-order valence-corrected chi connectivity index (χ1v) is 8.19. The number of hydrogen-bond acceptors (Lipinski definition) is 7. The van der Waals surface area contributed by atoms with E-state index in [-0.39, 0.29) is 13.2 Å². The lowest BCUT2D eigenvalue weighted by atomic mass is 10.1. The van der Waals surface area contributed by atoms with Crippen LogP contribution in [0.25, 0.3) is 0 Å². The standard InChI is InChI=1S/C11H17Cl2O7P/c1-5-19-21(16,20-6-2)8(9(12)13)7(10(14)17-3)11(15)18-4/h7H,5-6H2,1-4H3. The largest absolute Gasteiger partial charge is 0.468 e. The van der Waals surface area contributed by atoms with Crippen LogP contribution in [0, 0.1) is 5.92 Å². The van der Waals surface area contributed by atoms with Gasteiger partial charge in [0.2, 0.25) is 0 Å². The van der Waals surface area contributed by atoms with Crippen molar-refractivity contribution in [2.24, 2.45) is 5.92 Å². The van der Waals surface area contributed by atoms with Gasteiger partial charge in [0, 0.05) is 0 Å². The van der Waals surface area contributed by atoms with Gasteiger partial charge in [0.25, 0.3) is 0 Å². The SMILES string of the molecule is CCOP(=O)(OCC)C(=C(Cl)Cl)C(C(=O)OC)C(=O)OC. The van der Waals surface area contributed by atoms with E-state index in [1.165, 1.54) is 0 Å². The molecule has 0 aliphatic carbocycles. The molecule has 7 nitrogen and oxygen atoms in total. The third kappa shape index (κ3) is 5.27. The number of methoxy groups -OCH3 is 2. The zero-order chi connectivity index (χ0) is 16.6. The second-order valence-corrected chi connectivity index (χ2v) is 6.40. The minimum atomic E-state index is -4.06. The molecule has 0 atom stereocenters. The van der Waals surface area contributed by atoms with Gasteiger partial charge >= 0.3 is 19.5 Å². The number of halogens is 2. The average Bonchev–Trinajstić information content (AvgIpc) is 2.42. The Balaban J connectivity index is 6.06. The van der Waals surface area contributed by atoms with Crippen molar-refractivity contribution >= 4 is 42.7 Å². The molecular formula is C11H17Cl2O7P. The smallest absolute Gasteiger partial charge is 0.361 e. The van der Waals surface area contributed by atoms with Crippen LogP contribution < -0.4 is 0 Å². The summed E-state index contributed by atoms with van der Waals surface area (Å²) in [4.78, 5) is 23.6. The van der Waals surface area contributed by atoms with Crippen LogP contribution >= 0.6 is 30.8 Å². The molecule has 0 heterocycles. The summed E-state index contributed by atoms with van der Waals surface area (Å²) >= 11 is 11.4. The molecule has 0 radical (unpaired) electrons. The van der Waals surface area contributed by atoms with Gasteiger partial charge in [-0.1, -0.05) is 23.2 Å². The summed E-state index contributed by atoms with van der Waals surface area (Å²) in [5, 5.41) is -0.506. The number of hydrogen-bond donors (Lipinski definition) is 0. The highest BCUT2D eigenvalue weighted by atomic mass is 35.5. The Morgan fingerprint density at radius 2 is 1.38 bits per heavy atom. The first kappa shape index (κ1) is 20.4. The quantitative estimate of drug-likeness (QED) is 0.372. The summed E-state index contributed by atoms with van der Waals surface area (Å²) in [7, 11) is -1.97. The van der Waals surface area contributed by atoms with E-state index in [4.69, 9.17) is 32.2 Å². The maximum atomic E-state index is 12.8. The fourth-order valence-electron chi connectivity index (χ4n) is 1.44. The Morgan fingerprint density at radius 3 is 1.62 bits per heavy atom. The third-order valence-corrected chi connectivity index (χ3v) is 5.17. The highest BCUT2D eigenvalue weighted by Crippen LogP contribution is 2.61. The van der Waals surface area contributed by atoms with Crippen LogP contribution in [-0.2, 0) is 32.7 Å². The molecule has 0 fully saturated rings. The Labute approximate surface area is 133 Å². The zero-order valence-electron chi connectivity index (χ0n) is 12.1. The molecule has 0 amide bonds. The van der Waals surface area contributed by atoms with Gasteiger partial charge in [-0.2, -0.15) is 0 Å². The van der Waals surface area contributed by atoms with Crippen molar-refractivity contribution in [3.8, 4) is 0 Å². The monoisotopic (exact) mass is 362 g/mol. The molecular weight excluding hydrogens is 346 g/mol. The second-order valence-electron chi connectivity index (χ2n) is 3.46. The van der Waals surface area contributed by atoms with Crippen LogP contribution in [0.5, 0.6) is 0 Å². The van der Waals surface area contributed by atoms with Crippen molar-refractivity contribution < 1.29 is 32.7 Å². The van der Waals surface area contributed by atoms with Gasteiger partial charge in [0.05, 0.1) is 32.7 Å². The molecule has 0 bridgehead atoms. The molecule has 0 aromatic carbocycles. The first-order chi connectivity index (χ1) is 9.78. The van der Waals surface area contributed by atoms with Crippen LogP contribution in [0.2, 0.25) is 0 Å². The van der Waals surface area contributed by atoms with Gasteiger partial charge < -0.3 is 18.5 Å². The van der Waals surface area contributed by atoms with Gasteiger partial charge in [-0.15, -0.1) is 0 Å². The fraction of sp³-hybridized carbons (Fsp3) is 0.636. The van der Waals surface area contributed by atoms with E-state index in [1.54, 1.807) is 13.8 Å². The lowest BCUT2D eigenvalue weighted by Crippen LogP contribution is -2.29. The Hall–Kier alpha value is -0.590. The summed E-state index contributed by atoms with van der Waals surface area (Å²) < 4.78 is 31.3. The van der Waals surface area contributed by atoms with Gasteiger partial charge in [-0.3, -0.25) is 14.2 Å². The minimum Gasteiger partial charge on any atom is -0.468 e. The van der Waals surface area contributed by atoms with Crippen LogP contribution in [0.4, 0.5) is 0 Å². The Kier molecular flexibility index (Phi) is 9.17. The second kappa shape index (κ2) is 9.43. The molecule has 0 unspecified atom stereocenters. The van der Waals surface area contributed by atoms with Gasteiger partial charge in [-0.05, 0) is 13.8 Å². The lowest BCUT2D eigenvalue weighted by molar-refractivity contribution is -0.156. The van der Waals surface area contributed by atoms with Crippen LogP contribution in [-0.4, -0.2) is 39.4 Å². The summed E-state index contributed by atoms with van der Waals surface area (Å²) in [5.41, 5.74) is 0. The van der Waals surface area contributed by atoms with E-state index in [0.29, 0.717) is 0 Å². The summed E-state index contributed by atoms with van der Waals surface area (Å²) in [5.74, 6) is -3.83. The zero-order valence-corrected chi connectivity index (χ0v) is 14.5. The molecule has 0 aromatic heterocycles. The Bertz CT molecular complexity index is 433. The van der Waals surface area contributed by atoms with Crippen molar-refractivity contribution in [3.05, 3.63) is 9.81 Å². The normalized spacial score (nSPS) is 11.2. The van der Waals surface area contributed by atoms with Crippen LogP contribution in [0.15, 0.2) is 9.81 Å². The maximum absolute atomic E-state index is 12.8. The fourth-order valence-corrected chi connectivity index (χ4v) is 4.05. The molecule has 0 aromatic rings. The van der Waals surface area contributed by atoms with Gasteiger partial charge in [0.15, 0.2) is 5.92 Å².